The average Bonchev–Trinajstić information content (AvgIpc) is 2.04. The molecule has 0 radical (unpaired) electrons. The summed E-state index contributed by atoms with van der Waals surface area (Å²) in [5, 5.41) is 7.77. The van der Waals surface area contributed by atoms with E-state index in [2.05, 4.69) is 4.99 Å². The van der Waals surface area contributed by atoms with E-state index in [0.29, 0.717) is 5.71 Å². The lowest BCUT2D eigenvalue weighted by Crippen LogP contribution is -2.05. The highest BCUT2D eigenvalue weighted by Gasteiger charge is 2.07. The molecule has 2 nitrogen and oxygen atoms in total. The van der Waals surface area contributed by atoms with Crippen molar-refractivity contribution in [2.45, 2.75) is 33.6 Å². The van der Waals surface area contributed by atoms with Crippen LogP contribution in [0.5, 0.6) is 0 Å². The molecule has 1 aliphatic rings. The maximum Gasteiger partial charge on any atom is 0.0586 e. The van der Waals surface area contributed by atoms with Crippen LogP contribution in [0, 0.1) is 5.41 Å². The Morgan fingerprint density at radius 1 is 1.46 bits per heavy atom. The quantitative estimate of drug-likeness (QED) is 0.628. The Morgan fingerprint density at radius 3 is 2.62 bits per heavy atom. The third-order valence-corrected chi connectivity index (χ3v) is 1.98. The summed E-state index contributed by atoms with van der Waals surface area (Å²) in [5.74, 6) is 0. The third-order valence-electron chi connectivity index (χ3n) is 1.98. The molecule has 1 N–H and O–H groups in total. The van der Waals surface area contributed by atoms with Crippen molar-refractivity contribution in [3.05, 3.63) is 23.4 Å². The van der Waals surface area contributed by atoms with E-state index in [1.165, 1.54) is 0 Å². The fourth-order valence-corrected chi connectivity index (χ4v) is 1.22. The van der Waals surface area contributed by atoms with Gasteiger partial charge in [0.1, 0.15) is 0 Å². The van der Waals surface area contributed by atoms with Crippen LogP contribution >= 0.6 is 0 Å². The molecule has 1 aliphatic heterocycles. The highest BCUT2D eigenvalue weighted by atomic mass is 14.7. The maximum absolute atomic E-state index is 7.77. The molecule has 0 unspecified atom stereocenters. The second kappa shape index (κ2) is 4.17. The van der Waals surface area contributed by atoms with Crippen LogP contribution in [0.4, 0.5) is 0 Å². The maximum atomic E-state index is 7.77. The van der Waals surface area contributed by atoms with Crippen molar-refractivity contribution >= 4 is 11.4 Å². The molecular weight excluding hydrogens is 160 g/mol. The number of nitrogens with one attached hydrogen (secondary N) is 1. The van der Waals surface area contributed by atoms with Crippen molar-refractivity contribution in [1.29, 1.82) is 5.41 Å². The first kappa shape index (κ1) is 9.90. The van der Waals surface area contributed by atoms with Gasteiger partial charge in [-0.3, -0.25) is 4.99 Å². The first-order valence-corrected chi connectivity index (χ1v) is 4.55. The number of hydrogen-bond acceptors (Lipinski definition) is 2. The Kier molecular flexibility index (Phi) is 3.18. The molecular formula is C11H16N2. The molecule has 0 saturated heterocycles. The van der Waals surface area contributed by atoms with Crippen LogP contribution in [-0.2, 0) is 0 Å². The molecule has 13 heavy (non-hydrogen) atoms. The van der Waals surface area contributed by atoms with E-state index < -0.39 is 0 Å². The molecule has 0 spiro atoms. The minimum Gasteiger partial charge on any atom is -0.301 e. The highest BCUT2D eigenvalue weighted by Crippen LogP contribution is 2.14. The summed E-state index contributed by atoms with van der Waals surface area (Å²) in [6.45, 7) is 6.04. The Hall–Kier alpha value is -1.18. The second-order valence-electron chi connectivity index (χ2n) is 3.65. The minimum absolute atomic E-state index is 0.608. The van der Waals surface area contributed by atoms with Crippen molar-refractivity contribution in [3.63, 3.8) is 0 Å². The lowest BCUT2D eigenvalue weighted by Gasteiger charge is -2.10. The summed E-state index contributed by atoms with van der Waals surface area (Å²) in [6, 6.07) is 0. The van der Waals surface area contributed by atoms with Crippen molar-refractivity contribution in [2.24, 2.45) is 4.99 Å². The van der Waals surface area contributed by atoms with E-state index in [1.807, 2.05) is 33.0 Å². The zero-order chi connectivity index (χ0) is 9.84. The van der Waals surface area contributed by atoms with Crippen molar-refractivity contribution in [2.75, 3.05) is 0 Å². The summed E-state index contributed by atoms with van der Waals surface area (Å²) >= 11 is 0. The molecule has 0 atom stereocenters. The monoisotopic (exact) mass is 176 g/mol. The third kappa shape index (κ3) is 2.98. The molecule has 0 aromatic carbocycles. The van der Waals surface area contributed by atoms with E-state index in [1.54, 1.807) is 0 Å². The van der Waals surface area contributed by atoms with Gasteiger partial charge in [0, 0.05) is 11.9 Å². The average molecular weight is 176 g/mol. The lowest BCUT2D eigenvalue weighted by atomic mass is 10.0. The topological polar surface area (TPSA) is 36.2 Å². The normalized spacial score (nSPS) is 15.9. The van der Waals surface area contributed by atoms with Gasteiger partial charge in [0.15, 0.2) is 0 Å². The summed E-state index contributed by atoms with van der Waals surface area (Å²) < 4.78 is 0. The van der Waals surface area contributed by atoms with Crippen molar-refractivity contribution in [3.8, 4) is 0 Å². The van der Waals surface area contributed by atoms with Gasteiger partial charge in [0.25, 0.3) is 0 Å². The van der Waals surface area contributed by atoms with E-state index in [-0.39, 0.29) is 0 Å². The van der Waals surface area contributed by atoms with Crippen molar-refractivity contribution < 1.29 is 0 Å². The van der Waals surface area contributed by atoms with E-state index in [9.17, 15) is 0 Å². The molecule has 0 aromatic rings. The lowest BCUT2D eigenvalue weighted by molar-refractivity contribution is 1.01. The minimum atomic E-state index is 0.608. The smallest absolute Gasteiger partial charge is 0.0586 e. The molecule has 0 fully saturated rings. The zero-order valence-corrected chi connectivity index (χ0v) is 8.52. The first-order chi connectivity index (χ1) is 6.09. The number of nitrogens with zero attached hydrogens (tertiary/aromatic N) is 1. The molecule has 0 saturated carbocycles. The Labute approximate surface area is 79.6 Å². The largest absolute Gasteiger partial charge is 0.301 e. The number of allylic oxidation sites excluding steroid dienone is 3. The standard InChI is InChI=1S/C11H16N2/c1-8(2)6-11(12)10-5-4-9(3)13-7-10/h6-7,12H,4-5H2,1-3H3. The highest BCUT2D eigenvalue weighted by molar-refractivity contribution is 6.07. The van der Waals surface area contributed by atoms with Crippen LogP contribution in [0.25, 0.3) is 0 Å². The van der Waals surface area contributed by atoms with Crippen LogP contribution in [0.2, 0.25) is 0 Å². The van der Waals surface area contributed by atoms with E-state index in [4.69, 9.17) is 5.41 Å². The van der Waals surface area contributed by atoms with E-state index in [0.717, 1.165) is 29.7 Å². The van der Waals surface area contributed by atoms with Crippen molar-refractivity contribution in [1.82, 2.24) is 0 Å². The second-order valence-corrected chi connectivity index (χ2v) is 3.65. The predicted molar refractivity (Wildman–Crippen MR) is 57.6 cm³/mol. The predicted octanol–water partition coefficient (Wildman–Crippen LogP) is 3.11. The summed E-state index contributed by atoms with van der Waals surface area (Å²) in [7, 11) is 0. The summed E-state index contributed by atoms with van der Waals surface area (Å²) in [6.07, 6.45) is 5.66. The van der Waals surface area contributed by atoms with Gasteiger partial charge in [0.05, 0.1) is 5.71 Å². The van der Waals surface area contributed by atoms with Crippen LogP contribution in [0.15, 0.2) is 28.4 Å². The number of hydrogen-bond donors (Lipinski definition) is 1. The zero-order valence-electron chi connectivity index (χ0n) is 8.52. The molecule has 0 aromatic heterocycles. The molecule has 2 heteroatoms. The van der Waals surface area contributed by atoms with Gasteiger partial charge >= 0.3 is 0 Å². The number of rotatable bonds is 2. The number of aliphatic imine (C=N–C) groups is 1. The Bertz CT molecular complexity index is 302. The van der Waals surface area contributed by atoms with Gasteiger partial charge in [-0.15, -0.1) is 0 Å². The summed E-state index contributed by atoms with van der Waals surface area (Å²) in [4.78, 5) is 4.22. The fourth-order valence-electron chi connectivity index (χ4n) is 1.22. The van der Waals surface area contributed by atoms with Gasteiger partial charge in [0.2, 0.25) is 0 Å². The SMILES string of the molecule is CC(C)=CC(=N)C1=CN=C(C)CC1. The first-order valence-electron chi connectivity index (χ1n) is 4.55. The van der Waals surface area contributed by atoms with Gasteiger partial charge in [-0.05, 0) is 45.3 Å². The van der Waals surface area contributed by atoms with Crippen LogP contribution in [0.1, 0.15) is 33.6 Å². The molecule has 0 bridgehead atoms. The molecule has 1 heterocycles. The fraction of sp³-hybridized carbons (Fsp3) is 0.455. The molecule has 0 amide bonds. The Morgan fingerprint density at radius 2 is 2.15 bits per heavy atom. The van der Waals surface area contributed by atoms with Gasteiger partial charge in [-0.2, -0.15) is 0 Å². The molecule has 70 valence electrons. The van der Waals surface area contributed by atoms with Crippen LogP contribution in [-0.4, -0.2) is 11.4 Å². The molecule has 1 rings (SSSR count). The Balaban J connectivity index is 2.75. The van der Waals surface area contributed by atoms with E-state index >= 15 is 0 Å². The van der Waals surface area contributed by atoms with Gasteiger partial charge in [-0.25, -0.2) is 0 Å². The van der Waals surface area contributed by atoms with Gasteiger partial charge < -0.3 is 5.41 Å². The molecule has 0 aliphatic carbocycles. The van der Waals surface area contributed by atoms with Crippen LogP contribution < -0.4 is 0 Å². The van der Waals surface area contributed by atoms with Crippen LogP contribution in [0.3, 0.4) is 0 Å². The summed E-state index contributed by atoms with van der Waals surface area (Å²) in [5.41, 5.74) is 3.98. The van der Waals surface area contributed by atoms with Gasteiger partial charge in [-0.1, -0.05) is 5.57 Å².